The number of carbonyl (C=O) groups is 4. The second kappa shape index (κ2) is 33.9. The van der Waals surface area contributed by atoms with Crippen molar-refractivity contribution in [2.45, 2.75) is 96.2 Å². The summed E-state index contributed by atoms with van der Waals surface area (Å²) in [6.45, 7) is 14.5. The molecule has 8 heterocycles. The molecule has 4 aliphatic carbocycles. The Morgan fingerprint density at radius 2 is 0.819 bits per heavy atom. The average molecular weight is 1420 g/mol. The van der Waals surface area contributed by atoms with Gasteiger partial charge in [0.05, 0.1) is 86.9 Å². The van der Waals surface area contributed by atoms with Gasteiger partial charge in [-0.2, -0.15) is 10.2 Å². The van der Waals surface area contributed by atoms with E-state index in [1.165, 1.54) is 16.7 Å². The van der Waals surface area contributed by atoms with Gasteiger partial charge in [-0.05, 0) is 203 Å². The van der Waals surface area contributed by atoms with Gasteiger partial charge in [-0.3, -0.25) is 58.5 Å². The third kappa shape index (κ3) is 19.5. The summed E-state index contributed by atoms with van der Waals surface area (Å²) >= 11 is 0. The van der Waals surface area contributed by atoms with E-state index < -0.39 is 0 Å². The summed E-state index contributed by atoms with van der Waals surface area (Å²) < 4.78 is 26.2. The maximum absolute atomic E-state index is 12.8. The Bertz CT molecular complexity index is 4100. The number of ether oxygens (including phenoxy) is 4. The topological polar surface area (TPSA) is 244 Å². The number of aryl methyl sites for hydroxylation is 2. The predicted octanol–water partition coefficient (Wildman–Crippen LogP) is 11.8. The molecule has 0 amide bonds. The number of likely N-dealkylation sites (tertiary alicyclic amines) is 4. The van der Waals surface area contributed by atoms with Crippen LogP contribution in [0.3, 0.4) is 0 Å². The van der Waals surface area contributed by atoms with Crippen LogP contribution in [0.2, 0.25) is 0 Å². The molecule has 17 rings (SSSR count). The van der Waals surface area contributed by atoms with Crippen LogP contribution < -0.4 is 18.9 Å². The first kappa shape index (κ1) is 72.0. The van der Waals surface area contributed by atoms with Gasteiger partial charge in [-0.1, -0.05) is 65.7 Å². The number of ketones is 4. The number of phenolic OH excluding ortho intramolecular Hbond substituents is 2. The zero-order valence-electron chi connectivity index (χ0n) is 59.9. The highest BCUT2D eigenvalue weighted by Crippen LogP contribution is 2.44. The van der Waals surface area contributed by atoms with E-state index in [-0.39, 0.29) is 46.8 Å². The lowest BCUT2D eigenvalue weighted by molar-refractivity contribution is 0.0928. The number of phenols is 2. The standard InChI is InChI=1S/C26H29N3O2.C20H22N2O3.C19H21N3O3.C19H23N3O2/c1-19-7-9-24(10-8-19)31-25-11-21-15-28(16-22(21)12-25)18-26(30)23-13-27-29(17-23)14-20-5-3-2-4-6-20;23-17-5-3-14(4-6-17)20(24)13-22-11-15-8-19(9-16(15)12-22)25-18-2-1-7-21-10-18;23-16-3-1-13(2-4-16)18(24)12-22-10-14-7-17(8-15(14)11-22)25-19-9-20-5-6-21-19;1-13-2-4-17(5-3-13)24-18-6-14-10-22(11-15(14)7-18)12-19(23)16-8-20-21-9-16/h2-10,13,17,21-22,25H,11-12,14-16,18H2,1H3;1-7,10,15-16,19,23H,8-9,11-13H2;1-6,9,14-15,17,23H,7-8,10-12H2;2-5,8-9,14-15,18H,6-7,10-12H2,1H3,(H,20,21)/t21-,22+,25?;15-,16+,19?;14-,15+,17?;14-,15+,18?. The second-order valence-electron chi connectivity index (χ2n) is 30.2. The summed E-state index contributed by atoms with van der Waals surface area (Å²) in [5, 5.41) is 29.6. The van der Waals surface area contributed by atoms with Gasteiger partial charge in [0.1, 0.15) is 34.9 Å². The van der Waals surface area contributed by atoms with Crippen LogP contribution in [0.1, 0.15) is 109 Å². The van der Waals surface area contributed by atoms with Crippen LogP contribution in [-0.4, -0.2) is 191 Å². The molecular weight excluding hydrogens is 1320 g/mol. The van der Waals surface area contributed by atoms with Gasteiger partial charge in [-0.15, -0.1) is 0 Å². The maximum Gasteiger partial charge on any atom is 0.232 e. The van der Waals surface area contributed by atoms with Gasteiger partial charge < -0.3 is 29.2 Å². The quantitative estimate of drug-likeness (QED) is 0.0534. The zero-order valence-corrected chi connectivity index (χ0v) is 59.9. The SMILES string of the molecule is Cc1ccc(OC2C[C@@H]3CN(CC(=O)c4cn[nH]c4)C[C@@H]3C2)cc1.Cc1ccc(OC2C[C@@H]3CN(CC(=O)c4cnn(Cc5ccccc5)c4)C[C@@H]3C2)cc1.O=C(CN1C[C@H]2CC(Oc3cccnc3)C[C@H]2C1)c1ccc(O)cc1.O=C(CN1C[C@H]2CC(Oc3cnccn3)C[C@H]2C1)c1ccc(O)cc1. The van der Waals surface area contributed by atoms with E-state index >= 15 is 0 Å². The highest BCUT2D eigenvalue weighted by Gasteiger charge is 2.46. The van der Waals surface area contributed by atoms with Gasteiger partial charge >= 0.3 is 0 Å². The van der Waals surface area contributed by atoms with Crippen LogP contribution >= 0.6 is 0 Å². The molecule has 21 nitrogen and oxygen atoms in total. The number of nitrogens with zero attached hydrogens (tertiary/aromatic N) is 10. The van der Waals surface area contributed by atoms with Gasteiger partial charge in [0.2, 0.25) is 5.88 Å². The van der Waals surface area contributed by atoms with Crippen LogP contribution in [0.4, 0.5) is 0 Å². The van der Waals surface area contributed by atoms with Gasteiger partial charge in [0.25, 0.3) is 0 Å². The van der Waals surface area contributed by atoms with E-state index in [9.17, 15) is 29.4 Å². The molecule has 3 N–H and O–H groups in total. The number of aromatic hydroxyl groups is 2. The zero-order chi connectivity index (χ0) is 72.2. The average Bonchev–Trinajstić information content (AvgIpc) is 1.68. The minimum atomic E-state index is 0.104. The van der Waals surface area contributed by atoms with Crippen molar-refractivity contribution in [3.05, 3.63) is 234 Å². The predicted molar refractivity (Wildman–Crippen MR) is 397 cm³/mol. The Morgan fingerprint density at radius 1 is 0.410 bits per heavy atom. The number of hydrogen-bond acceptors (Lipinski definition) is 19. The molecule has 4 saturated heterocycles. The van der Waals surface area contributed by atoms with Gasteiger partial charge in [0, 0.05) is 94.5 Å². The Balaban J connectivity index is 0.000000118. The fourth-order valence-electron chi connectivity index (χ4n) is 17.3. The number of Topliss-reactive ketones (excluding diaryl/α,β-unsaturated/α-hetero) is 4. The lowest BCUT2D eigenvalue weighted by Gasteiger charge is -2.19. The van der Waals surface area contributed by atoms with Crippen molar-refractivity contribution >= 4 is 23.1 Å². The smallest absolute Gasteiger partial charge is 0.232 e. The molecule has 9 aromatic rings. The van der Waals surface area contributed by atoms with Gasteiger partial charge in [-0.25, -0.2) is 4.98 Å². The third-order valence-corrected chi connectivity index (χ3v) is 22.4. The molecule has 0 bridgehead atoms. The molecule has 0 radical (unpaired) electrons. The van der Waals surface area contributed by atoms with E-state index in [0.29, 0.717) is 120 Å². The summed E-state index contributed by atoms with van der Waals surface area (Å²) in [7, 11) is 0. The highest BCUT2D eigenvalue weighted by atomic mass is 16.5. The Labute approximate surface area is 613 Å². The molecule has 105 heavy (non-hydrogen) atoms. The van der Waals surface area contributed by atoms with Crippen molar-refractivity contribution in [2.75, 3.05) is 78.5 Å². The summed E-state index contributed by atoms with van der Waals surface area (Å²) in [6.07, 6.45) is 24.8. The summed E-state index contributed by atoms with van der Waals surface area (Å²) in [5.41, 5.74) is 6.37. The largest absolute Gasteiger partial charge is 0.508 e. The normalized spacial score (nSPS) is 25.1. The molecule has 12 atom stereocenters. The van der Waals surface area contributed by atoms with Crippen molar-refractivity contribution in [2.24, 2.45) is 47.3 Å². The van der Waals surface area contributed by atoms with Crippen LogP contribution in [-0.2, 0) is 6.54 Å². The minimum absolute atomic E-state index is 0.104. The molecule has 5 aromatic carbocycles. The van der Waals surface area contributed by atoms with Crippen molar-refractivity contribution < 1.29 is 48.3 Å². The first-order valence-corrected chi connectivity index (χ1v) is 37.3. The number of benzene rings is 5. The molecule has 546 valence electrons. The molecule has 8 aliphatic rings. The summed E-state index contributed by atoms with van der Waals surface area (Å²) in [6, 6.07) is 43.6. The van der Waals surface area contributed by atoms with Gasteiger partial charge in [0.15, 0.2) is 23.1 Å². The minimum Gasteiger partial charge on any atom is -0.508 e. The van der Waals surface area contributed by atoms with E-state index in [1.807, 2.05) is 41.2 Å². The Morgan fingerprint density at radius 3 is 1.22 bits per heavy atom. The number of aromatic amines is 1. The number of fused-ring (bicyclic) bond motifs is 4. The maximum atomic E-state index is 12.8. The van der Waals surface area contributed by atoms with Crippen LogP contribution in [0.25, 0.3) is 0 Å². The molecule has 8 fully saturated rings. The number of aromatic nitrogens is 7. The number of rotatable bonds is 22. The van der Waals surface area contributed by atoms with Crippen LogP contribution in [0.15, 0.2) is 195 Å². The fraction of sp³-hybridized carbons (Fsp3) is 0.417. The lowest BCUT2D eigenvalue weighted by Crippen LogP contribution is -2.30. The first-order valence-electron chi connectivity index (χ1n) is 37.3. The van der Waals surface area contributed by atoms with E-state index in [2.05, 4.69) is 124 Å². The summed E-state index contributed by atoms with van der Waals surface area (Å²) in [4.78, 5) is 71.1. The number of H-pyrrole nitrogens is 1. The van der Waals surface area contributed by atoms with Crippen LogP contribution in [0.5, 0.6) is 34.6 Å². The van der Waals surface area contributed by atoms with Crippen molar-refractivity contribution in [1.29, 1.82) is 0 Å². The number of pyridine rings is 1. The van der Waals surface area contributed by atoms with E-state index in [4.69, 9.17) is 18.9 Å². The molecule has 4 aliphatic heterocycles. The molecule has 4 unspecified atom stereocenters. The van der Waals surface area contributed by atoms with Crippen molar-refractivity contribution in [3.8, 4) is 34.6 Å². The number of hydrogen-bond donors (Lipinski definition) is 3. The summed E-state index contributed by atoms with van der Waals surface area (Å²) in [5.74, 6) is 9.19. The highest BCUT2D eigenvalue weighted by molar-refractivity contribution is 5.99. The second-order valence-corrected chi connectivity index (χ2v) is 30.2. The molecular formula is C84H95N11O10. The number of carbonyl (C=O) groups excluding carboxylic acids is 4. The molecule has 4 saturated carbocycles. The molecule has 0 spiro atoms. The lowest BCUT2D eigenvalue weighted by atomic mass is 10.0. The molecule has 4 aromatic heterocycles. The molecule has 21 heteroatoms. The number of nitrogens with one attached hydrogen (secondary N) is 1. The monoisotopic (exact) mass is 1420 g/mol. The van der Waals surface area contributed by atoms with Crippen LogP contribution in [0, 0.1) is 61.2 Å². The fourth-order valence-corrected chi connectivity index (χ4v) is 17.3. The van der Waals surface area contributed by atoms with Crippen molar-refractivity contribution in [3.63, 3.8) is 0 Å². The van der Waals surface area contributed by atoms with Crippen molar-refractivity contribution in [1.82, 2.24) is 54.5 Å². The first-order chi connectivity index (χ1) is 51.1. The Hall–Kier alpha value is -9.93. The Kier molecular flexibility index (Phi) is 23.2. The van der Waals surface area contributed by atoms with E-state index in [0.717, 1.165) is 121 Å². The third-order valence-electron chi connectivity index (χ3n) is 22.4. The van der Waals surface area contributed by atoms with E-state index in [1.54, 1.807) is 98.1 Å².